The number of nitrogens with one attached hydrogen (secondary N) is 1. The lowest BCUT2D eigenvalue weighted by Crippen LogP contribution is -2.18. The molecule has 0 unspecified atom stereocenters. The summed E-state index contributed by atoms with van der Waals surface area (Å²) in [5.74, 6) is -0.481. The fourth-order valence-corrected chi connectivity index (χ4v) is 5.10. The number of carbonyl (C=O) groups is 1. The lowest BCUT2D eigenvalue weighted by molar-refractivity contribution is 0.0950. The van der Waals surface area contributed by atoms with Crippen LogP contribution in [0.4, 0.5) is 0 Å². The van der Waals surface area contributed by atoms with Crippen molar-refractivity contribution in [3.8, 4) is 17.2 Å². The average Bonchev–Trinajstić information content (AvgIpc) is 3.38. The fraction of sp³-hybridized carbons (Fsp3) is 0.211. The summed E-state index contributed by atoms with van der Waals surface area (Å²) < 4.78 is 39.7. The van der Waals surface area contributed by atoms with Gasteiger partial charge in [-0.2, -0.15) is 5.10 Å². The van der Waals surface area contributed by atoms with Crippen LogP contribution >= 0.6 is 11.3 Å². The third-order valence-electron chi connectivity index (χ3n) is 3.93. The van der Waals surface area contributed by atoms with E-state index >= 15 is 0 Å². The highest BCUT2D eigenvalue weighted by atomic mass is 32.2. The van der Waals surface area contributed by atoms with Crippen molar-refractivity contribution in [2.24, 2.45) is 5.10 Å². The molecule has 1 amide bonds. The highest BCUT2D eigenvalue weighted by Crippen LogP contribution is 2.36. The minimum atomic E-state index is -3.49. The summed E-state index contributed by atoms with van der Waals surface area (Å²) in [5.41, 5.74) is 2.80. The minimum Gasteiger partial charge on any atom is -0.504 e. The van der Waals surface area contributed by atoms with Gasteiger partial charge in [-0.3, -0.25) is 4.79 Å². The number of sulfone groups is 1. The molecule has 0 saturated carbocycles. The molecule has 3 aromatic rings. The Kier molecular flexibility index (Phi) is 6.92. The summed E-state index contributed by atoms with van der Waals surface area (Å²) in [5, 5.41) is 15.5. The Morgan fingerprint density at radius 3 is 2.81 bits per heavy atom. The molecule has 1 aromatic carbocycles. The second kappa shape index (κ2) is 9.62. The number of ether oxygens (including phenoxy) is 2. The Morgan fingerprint density at radius 2 is 2.13 bits per heavy atom. The van der Waals surface area contributed by atoms with Crippen LogP contribution in [-0.2, 0) is 21.3 Å². The van der Waals surface area contributed by atoms with Gasteiger partial charge in [0, 0.05) is 10.9 Å². The van der Waals surface area contributed by atoms with E-state index in [0.717, 1.165) is 11.3 Å². The number of nitrogens with zero attached hydrogens (tertiary/aromatic N) is 2. The predicted molar refractivity (Wildman–Crippen MR) is 113 cm³/mol. The first-order valence-corrected chi connectivity index (χ1v) is 11.5. The molecule has 2 N–H and O–H groups in total. The average molecular weight is 466 g/mol. The zero-order chi connectivity index (χ0) is 22.4. The van der Waals surface area contributed by atoms with Crippen LogP contribution < -0.4 is 14.9 Å². The van der Waals surface area contributed by atoms with Gasteiger partial charge in [0.1, 0.15) is 28.0 Å². The molecular formula is C19H19N3O7S2. The number of aromatic nitrogens is 1. The molecule has 12 heteroatoms. The SMILES string of the molecule is COc1cc(/C=N/NC(=O)c2csc(CS(=O)(=O)Cc3ccco3)n2)cc(O)c1OC. The first-order valence-electron chi connectivity index (χ1n) is 8.77. The number of aromatic hydroxyl groups is 1. The van der Waals surface area contributed by atoms with Gasteiger partial charge in [0.15, 0.2) is 21.3 Å². The standard InChI is InChI=1S/C19H19N3O7S2/c1-27-16-7-12(6-15(23)18(16)28-2)8-20-22-19(24)14-9-30-17(21-14)11-31(25,26)10-13-4-3-5-29-13/h3-9,23H,10-11H2,1-2H3,(H,22,24)/b20-8+. The van der Waals surface area contributed by atoms with E-state index < -0.39 is 15.7 Å². The molecule has 0 aliphatic rings. The van der Waals surface area contributed by atoms with Gasteiger partial charge in [-0.25, -0.2) is 18.8 Å². The molecule has 164 valence electrons. The first-order chi connectivity index (χ1) is 14.8. The van der Waals surface area contributed by atoms with Crippen molar-refractivity contribution < 1.29 is 32.2 Å². The highest BCUT2D eigenvalue weighted by molar-refractivity contribution is 7.89. The predicted octanol–water partition coefficient (Wildman–Crippen LogP) is 2.34. The lowest BCUT2D eigenvalue weighted by atomic mass is 10.2. The molecule has 0 aliphatic heterocycles. The largest absolute Gasteiger partial charge is 0.504 e. The molecule has 2 heterocycles. The Hall–Kier alpha value is -3.38. The normalized spacial score (nSPS) is 11.5. The van der Waals surface area contributed by atoms with Crippen LogP contribution in [0.2, 0.25) is 0 Å². The molecule has 0 bridgehead atoms. The Bertz CT molecular complexity index is 1190. The Labute approximate surface area is 182 Å². The topological polar surface area (TPSA) is 140 Å². The Morgan fingerprint density at radius 1 is 1.32 bits per heavy atom. The van der Waals surface area contributed by atoms with Gasteiger partial charge in [0.2, 0.25) is 5.75 Å². The van der Waals surface area contributed by atoms with E-state index in [1.807, 2.05) is 0 Å². The van der Waals surface area contributed by atoms with Crippen LogP contribution in [0.25, 0.3) is 0 Å². The number of furan rings is 1. The summed E-state index contributed by atoms with van der Waals surface area (Å²) in [7, 11) is -0.668. The third kappa shape index (κ3) is 5.83. The van der Waals surface area contributed by atoms with E-state index in [1.54, 1.807) is 18.2 Å². The second-order valence-electron chi connectivity index (χ2n) is 6.21. The number of benzene rings is 1. The lowest BCUT2D eigenvalue weighted by Gasteiger charge is -2.09. The zero-order valence-electron chi connectivity index (χ0n) is 16.6. The van der Waals surface area contributed by atoms with Crippen LogP contribution in [0.1, 0.15) is 26.8 Å². The van der Waals surface area contributed by atoms with Crippen LogP contribution in [0.15, 0.2) is 45.4 Å². The third-order valence-corrected chi connectivity index (χ3v) is 6.40. The van der Waals surface area contributed by atoms with Crippen LogP contribution in [0, 0.1) is 0 Å². The van der Waals surface area contributed by atoms with Crippen molar-refractivity contribution in [3.05, 3.63) is 57.9 Å². The molecule has 0 fully saturated rings. The van der Waals surface area contributed by atoms with Crippen LogP contribution in [0.3, 0.4) is 0 Å². The Balaban J connectivity index is 1.62. The van der Waals surface area contributed by atoms with Crippen molar-refractivity contribution in [3.63, 3.8) is 0 Å². The number of phenols is 1. The maximum atomic E-state index is 12.2. The number of rotatable bonds is 9. The molecular weight excluding hydrogens is 446 g/mol. The number of methoxy groups -OCH3 is 2. The van der Waals surface area contributed by atoms with Crippen molar-refractivity contribution >= 4 is 33.3 Å². The molecule has 0 saturated heterocycles. The van der Waals surface area contributed by atoms with Crippen molar-refractivity contribution in [2.45, 2.75) is 11.5 Å². The number of hydrogen-bond acceptors (Lipinski definition) is 10. The summed E-state index contributed by atoms with van der Waals surface area (Å²) in [6, 6.07) is 6.15. The summed E-state index contributed by atoms with van der Waals surface area (Å²) in [6.45, 7) is 0. The van der Waals surface area contributed by atoms with E-state index in [-0.39, 0.29) is 33.7 Å². The van der Waals surface area contributed by atoms with E-state index in [1.165, 1.54) is 38.1 Å². The first kappa shape index (κ1) is 22.3. The molecule has 0 radical (unpaired) electrons. The summed E-state index contributed by atoms with van der Waals surface area (Å²) in [6.07, 6.45) is 2.71. The maximum absolute atomic E-state index is 12.2. The van der Waals surface area contributed by atoms with E-state index in [0.29, 0.717) is 17.1 Å². The number of thiazole rings is 1. The fourth-order valence-electron chi connectivity index (χ4n) is 2.59. The van der Waals surface area contributed by atoms with Crippen LogP contribution in [0.5, 0.6) is 17.2 Å². The van der Waals surface area contributed by atoms with Crippen molar-refractivity contribution in [2.75, 3.05) is 14.2 Å². The molecule has 31 heavy (non-hydrogen) atoms. The van der Waals surface area contributed by atoms with Gasteiger partial charge >= 0.3 is 0 Å². The van der Waals surface area contributed by atoms with Crippen molar-refractivity contribution in [1.82, 2.24) is 10.4 Å². The summed E-state index contributed by atoms with van der Waals surface area (Å²) >= 11 is 1.06. The van der Waals surface area contributed by atoms with E-state index in [4.69, 9.17) is 13.9 Å². The highest BCUT2D eigenvalue weighted by Gasteiger charge is 2.19. The summed E-state index contributed by atoms with van der Waals surface area (Å²) in [4.78, 5) is 16.3. The van der Waals surface area contributed by atoms with E-state index in [9.17, 15) is 18.3 Å². The van der Waals surface area contributed by atoms with Gasteiger partial charge in [0.25, 0.3) is 5.91 Å². The monoisotopic (exact) mass is 465 g/mol. The molecule has 10 nitrogen and oxygen atoms in total. The molecule has 0 spiro atoms. The zero-order valence-corrected chi connectivity index (χ0v) is 18.2. The van der Waals surface area contributed by atoms with Crippen molar-refractivity contribution in [1.29, 1.82) is 0 Å². The van der Waals surface area contributed by atoms with Gasteiger partial charge in [-0.1, -0.05) is 0 Å². The number of hydrazone groups is 1. The molecule has 3 rings (SSSR count). The van der Waals surface area contributed by atoms with Gasteiger partial charge in [-0.15, -0.1) is 11.3 Å². The maximum Gasteiger partial charge on any atom is 0.290 e. The van der Waals surface area contributed by atoms with Gasteiger partial charge in [-0.05, 0) is 24.3 Å². The molecule has 2 aromatic heterocycles. The quantitative estimate of drug-likeness (QED) is 0.362. The molecule has 0 aliphatic carbocycles. The van der Waals surface area contributed by atoms with E-state index in [2.05, 4.69) is 15.5 Å². The molecule has 0 atom stereocenters. The number of amides is 1. The van der Waals surface area contributed by atoms with Crippen LogP contribution in [-0.4, -0.2) is 44.8 Å². The van der Waals surface area contributed by atoms with Gasteiger partial charge < -0.3 is 19.0 Å². The minimum absolute atomic E-state index is 0.0421. The number of phenolic OH excluding ortho intramolecular Hbond substituents is 1. The second-order valence-corrected chi connectivity index (χ2v) is 9.22. The number of hydrogen-bond donors (Lipinski definition) is 2. The van der Waals surface area contributed by atoms with Gasteiger partial charge in [0.05, 0.1) is 26.7 Å². The number of carbonyl (C=O) groups excluding carboxylic acids is 1. The smallest absolute Gasteiger partial charge is 0.290 e.